The number of benzene rings is 2. The number of aryl methyl sites for hydroxylation is 1. The number of hydrogen-bond acceptors (Lipinski definition) is 2. The van der Waals surface area contributed by atoms with Gasteiger partial charge in [0, 0.05) is 0 Å². The molecule has 0 aliphatic carbocycles. The van der Waals surface area contributed by atoms with Crippen LogP contribution in [0.2, 0.25) is 0 Å². The number of phenols is 2. The lowest BCUT2D eigenvalue weighted by atomic mass is 9.98. The van der Waals surface area contributed by atoms with Crippen molar-refractivity contribution < 1.29 is 10.2 Å². The number of rotatable bonds is 3. The number of hydrogen-bond donors (Lipinski definition) is 2. The van der Waals surface area contributed by atoms with E-state index < -0.39 is 0 Å². The summed E-state index contributed by atoms with van der Waals surface area (Å²) in [5.74, 6) is 0.312. The molecule has 2 heteroatoms. The third-order valence-electron chi connectivity index (χ3n) is 2.82. The van der Waals surface area contributed by atoms with Crippen LogP contribution in [-0.4, -0.2) is 10.2 Å². The molecule has 0 atom stereocenters. The second-order valence-corrected chi connectivity index (χ2v) is 4.08. The lowest BCUT2D eigenvalue weighted by Gasteiger charge is -2.11. The van der Waals surface area contributed by atoms with Gasteiger partial charge in [0.25, 0.3) is 0 Å². The molecular formula is C15H16O2. The molecule has 0 aliphatic heterocycles. The van der Waals surface area contributed by atoms with Crippen molar-refractivity contribution in [3.63, 3.8) is 0 Å². The number of aromatic hydroxyl groups is 2. The van der Waals surface area contributed by atoms with Crippen molar-refractivity contribution in [1.82, 2.24) is 0 Å². The average molecular weight is 228 g/mol. The van der Waals surface area contributed by atoms with Crippen LogP contribution in [0.1, 0.15) is 18.9 Å². The predicted molar refractivity (Wildman–Crippen MR) is 69.2 cm³/mol. The molecule has 0 spiro atoms. The van der Waals surface area contributed by atoms with Crippen molar-refractivity contribution in [2.75, 3.05) is 0 Å². The van der Waals surface area contributed by atoms with E-state index in [-0.39, 0.29) is 11.5 Å². The highest BCUT2D eigenvalue weighted by Crippen LogP contribution is 2.39. The zero-order valence-electron chi connectivity index (χ0n) is 9.85. The minimum Gasteiger partial charge on any atom is -0.507 e. The standard InChI is InChI=1S/C15H16O2/c1-2-6-12-9-10-13(16)14(15(12)17)11-7-4-3-5-8-11/h3-5,7-10,16-17H,2,6H2,1H3. The van der Waals surface area contributed by atoms with E-state index in [0.717, 1.165) is 24.0 Å². The molecule has 0 radical (unpaired) electrons. The first kappa shape index (κ1) is 11.5. The monoisotopic (exact) mass is 228 g/mol. The van der Waals surface area contributed by atoms with Crippen LogP contribution in [-0.2, 0) is 6.42 Å². The van der Waals surface area contributed by atoms with Crippen molar-refractivity contribution in [3.05, 3.63) is 48.0 Å². The van der Waals surface area contributed by atoms with E-state index in [4.69, 9.17) is 0 Å². The SMILES string of the molecule is CCCc1ccc(O)c(-c2ccccc2)c1O. The molecule has 0 saturated carbocycles. The maximum atomic E-state index is 10.2. The molecule has 0 aromatic heterocycles. The molecule has 0 fully saturated rings. The predicted octanol–water partition coefficient (Wildman–Crippen LogP) is 3.72. The summed E-state index contributed by atoms with van der Waals surface area (Å²) in [5.41, 5.74) is 2.24. The zero-order chi connectivity index (χ0) is 12.3. The first-order valence-electron chi connectivity index (χ1n) is 5.83. The van der Waals surface area contributed by atoms with Crippen molar-refractivity contribution in [2.24, 2.45) is 0 Å². The molecule has 2 nitrogen and oxygen atoms in total. The van der Waals surface area contributed by atoms with E-state index >= 15 is 0 Å². The maximum absolute atomic E-state index is 10.2. The second kappa shape index (κ2) is 4.91. The first-order chi connectivity index (χ1) is 8.24. The zero-order valence-corrected chi connectivity index (χ0v) is 9.85. The maximum Gasteiger partial charge on any atom is 0.130 e. The smallest absolute Gasteiger partial charge is 0.130 e. The fourth-order valence-electron chi connectivity index (χ4n) is 1.98. The van der Waals surface area contributed by atoms with E-state index in [1.165, 1.54) is 0 Å². The Bertz CT molecular complexity index is 504. The molecule has 0 amide bonds. The van der Waals surface area contributed by atoms with Gasteiger partial charge in [-0.25, -0.2) is 0 Å². The molecule has 17 heavy (non-hydrogen) atoms. The van der Waals surface area contributed by atoms with Gasteiger partial charge in [-0.1, -0.05) is 49.7 Å². The van der Waals surface area contributed by atoms with E-state index in [9.17, 15) is 10.2 Å². The van der Waals surface area contributed by atoms with Crippen molar-refractivity contribution >= 4 is 0 Å². The normalized spacial score (nSPS) is 10.4. The third-order valence-corrected chi connectivity index (χ3v) is 2.82. The van der Waals surface area contributed by atoms with Gasteiger partial charge in [-0.2, -0.15) is 0 Å². The van der Waals surface area contributed by atoms with Crippen LogP contribution in [0, 0.1) is 0 Å². The Labute approximate surface area is 101 Å². The van der Waals surface area contributed by atoms with Crippen LogP contribution in [0.3, 0.4) is 0 Å². The molecule has 2 aromatic carbocycles. The van der Waals surface area contributed by atoms with Gasteiger partial charge in [0.05, 0.1) is 5.56 Å². The van der Waals surface area contributed by atoms with Gasteiger partial charge in [-0.15, -0.1) is 0 Å². The minimum atomic E-state index is 0.119. The van der Waals surface area contributed by atoms with E-state index in [1.54, 1.807) is 12.1 Å². The summed E-state index contributed by atoms with van der Waals surface area (Å²) in [6, 6.07) is 12.9. The minimum absolute atomic E-state index is 0.119. The van der Waals surface area contributed by atoms with E-state index in [0.29, 0.717) is 5.56 Å². The Morgan fingerprint density at radius 3 is 2.29 bits per heavy atom. The Kier molecular flexibility index (Phi) is 3.33. The molecule has 0 aliphatic rings. The largest absolute Gasteiger partial charge is 0.507 e. The van der Waals surface area contributed by atoms with Crippen molar-refractivity contribution in [3.8, 4) is 22.6 Å². The fourth-order valence-corrected chi connectivity index (χ4v) is 1.98. The molecule has 2 N–H and O–H groups in total. The molecular weight excluding hydrogens is 212 g/mol. The van der Waals surface area contributed by atoms with Gasteiger partial charge in [-0.3, -0.25) is 0 Å². The molecule has 0 heterocycles. The Morgan fingerprint density at radius 1 is 0.941 bits per heavy atom. The summed E-state index contributed by atoms with van der Waals surface area (Å²) in [6.45, 7) is 2.06. The van der Waals surface area contributed by atoms with Crippen LogP contribution in [0.4, 0.5) is 0 Å². The second-order valence-electron chi connectivity index (χ2n) is 4.08. The van der Waals surface area contributed by atoms with Crippen molar-refractivity contribution in [1.29, 1.82) is 0 Å². The van der Waals surface area contributed by atoms with Crippen LogP contribution in [0.15, 0.2) is 42.5 Å². The number of phenolic OH excluding ortho intramolecular Hbond substituents is 2. The molecule has 0 saturated heterocycles. The third kappa shape index (κ3) is 2.26. The Balaban J connectivity index is 2.56. The topological polar surface area (TPSA) is 40.5 Å². The highest BCUT2D eigenvalue weighted by Gasteiger charge is 2.13. The molecule has 0 unspecified atom stereocenters. The van der Waals surface area contributed by atoms with Crippen molar-refractivity contribution in [2.45, 2.75) is 19.8 Å². The van der Waals surface area contributed by atoms with Gasteiger partial charge < -0.3 is 10.2 Å². The van der Waals surface area contributed by atoms with E-state index in [2.05, 4.69) is 6.92 Å². The summed E-state index contributed by atoms with van der Waals surface area (Å²) in [5, 5.41) is 20.1. The van der Waals surface area contributed by atoms with Gasteiger partial charge in [0.1, 0.15) is 11.5 Å². The summed E-state index contributed by atoms with van der Waals surface area (Å²) in [4.78, 5) is 0. The summed E-state index contributed by atoms with van der Waals surface area (Å²) >= 11 is 0. The lowest BCUT2D eigenvalue weighted by Crippen LogP contribution is -1.88. The van der Waals surface area contributed by atoms with Crippen LogP contribution in [0.5, 0.6) is 11.5 Å². The average Bonchev–Trinajstić information content (AvgIpc) is 2.35. The molecule has 2 rings (SSSR count). The highest BCUT2D eigenvalue weighted by atomic mass is 16.3. The quantitative estimate of drug-likeness (QED) is 0.840. The molecule has 2 aromatic rings. The molecule has 0 bridgehead atoms. The van der Waals surface area contributed by atoms with E-state index in [1.807, 2.05) is 30.3 Å². The van der Waals surface area contributed by atoms with Gasteiger partial charge in [0.2, 0.25) is 0 Å². The summed E-state index contributed by atoms with van der Waals surface area (Å²) < 4.78 is 0. The summed E-state index contributed by atoms with van der Waals surface area (Å²) in [6.07, 6.45) is 1.78. The van der Waals surface area contributed by atoms with Gasteiger partial charge in [-0.05, 0) is 23.6 Å². The van der Waals surface area contributed by atoms with Crippen LogP contribution < -0.4 is 0 Å². The molecule has 88 valence electrons. The van der Waals surface area contributed by atoms with Crippen LogP contribution >= 0.6 is 0 Å². The van der Waals surface area contributed by atoms with Crippen LogP contribution in [0.25, 0.3) is 11.1 Å². The van der Waals surface area contributed by atoms with Gasteiger partial charge >= 0.3 is 0 Å². The first-order valence-corrected chi connectivity index (χ1v) is 5.83. The fraction of sp³-hybridized carbons (Fsp3) is 0.200. The van der Waals surface area contributed by atoms with Gasteiger partial charge in [0.15, 0.2) is 0 Å². The highest BCUT2D eigenvalue weighted by molar-refractivity contribution is 5.77. The Hall–Kier alpha value is -1.96. The lowest BCUT2D eigenvalue weighted by molar-refractivity contribution is 0.449. The summed E-state index contributed by atoms with van der Waals surface area (Å²) in [7, 11) is 0. The Morgan fingerprint density at radius 2 is 1.65 bits per heavy atom.